The first-order valence-electron chi connectivity index (χ1n) is 4.91. The number of hydrogen-bond donors (Lipinski definition) is 0. The maximum atomic E-state index is 4.34. The van der Waals surface area contributed by atoms with E-state index in [1.165, 1.54) is 0 Å². The van der Waals surface area contributed by atoms with Crippen molar-refractivity contribution in [2.45, 2.75) is 59.7 Å². The van der Waals surface area contributed by atoms with Crippen LogP contribution in [0.4, 0.5) is 0 Å². The first-order valence-corrected chi connectivity index (χ1v) is 4.91. The van der Waals surface area contributed by atoms with Gasteiger partial charge in [0.15, 0.2) is 0 Å². The topological polar surface area (TPSA) is 40.6 Å². The van der Waals surface area contributed by atoms with Crippen LogP contribution in [-0.2, 0) is 21.7 Å². The minimum absolute atomic E-state index is 0. The molecule has 0 fully saturated rings. The molecule has 4 heteroatoms. The second-order valence-corrected chi connectivity index (χ2v) is 3.97. The quantitative estimate of drug-likeness (QED) is 0.316. The molecule has 0 N–H and O–H groups in total. The second kappa shape index (κ2) is 13.1. The third-order valence-electron chi connectivity index (χ3n) is 1.12. The molecule has 0 aromatic carbocycles. The largest absolute Gasteiger partial charge is 4.00 e. The molecular formula is C12H27N3Ti. The van der Waals surface area contributed by atoms with E-state index in [0.717, 1.165) is 0 Å². The summed E-state index contributed by atoms with van der Waals surface area (Å²) in [6.45, 7) is 12.2. The van der Waals surface area contributed by atoms with E-state index in [1.54, 1.807) is 0 Å². The van der Waals surface area contributed by atoms with E-state index in [9.17, 15) is 0 Å². The van der Waals surface area contributed by atoms with Gasteiger partial charge in [0, 0.05) is 0 Å². The minimum atomic E-state index is 0. The summed E-state index contributed by atoms with van der Waals surface area (Å²) in [5, 5.41) is 8.68. The molecule has 0 aromatic heterocycles. The van der Waals surface area contributed by atoms with Gasteiger partial charge in [-0.2, -0.15) is 5.96 Å². The molecule has 0 saturated carbocycles. The molecule has 0 aliphatic rings. The number of aliphatic imine (C=N–C) groups is 1. The molecule has 0 radical (unpaired) electrons. The summed E-state index contributed by atoms with van der Waals surface area (Å²) in [7, 11) is 0. The Hall–Kier alpha value is -0.0157. The van der Waals surface area contributed by atoms with Crippen molar-refractivity contribution in [1.82, 2.24) is 0 Å². The van der Waals surface area contributed by atoms with Crippen LogP contribution in [0, 0.1) is 14.9 Å². The Morgan fingerprint density at radius 2 is 1.12 bits per heavy atom. The third-order valence-corrected chi connectivity index (χ3v) is 1.12. The van der Waals surface area contributed by atoms with E-state index in [0.29, 0.717) is 5.96 Å². The maximum absolute atomic E-state index is 4.34. The van der Waals surface area contributed by atoms with Crippen LogP contribution < -0.4 is 0 Å². The normalized spacial score (nSPS) is 8.81. The van der Waals surface area contributed by atoms with Crippen LogP contribution in [0.1, 0.15) is 41.5 Å². The second-order valence-electron chi connectivity index (χ2n) is 3.97. The molecule has 0 atom stereocenters. The van der Waals surface area contributed by atoms with Gasteiger partial charge < -0.3 is 30.5 Å². The van der Waals surface area contributed by atoms with E-state index in [1.807, 2.05) is 41.5 Å². The molecule has 94 valence electrons. The van der Waals surface area contributed by atoms with Gasteiger partial charge in [0.1, 0.15) is 0 Å². The zero-order valence-electron chi connectivity index (χ0n) is 12.1. The molecular weight excluding hydrogens is 234 g/mol. The van der Waals surface area contributed by atoms with E-state index in [-0.39, 0.29) is 54.7 Å². The Kier molecular flexibility index (Phi) is 20.4. The summed E-state index contributed by atoms with van der Waals surface area (Å²) in [6.07, 6.45) is 0. The van der Waals surface area contributed by atoms with E-state index in [4.69, 9.17) is 0 Å². The summed E-state index contributed by atoms with van der Waals surface area (Å²) in [5.74, 6) is 0.653. The summed E-state index contributed by atoms with van der Waals surface area (Å²) in [5.41, 5.74) is 0. The Bertz CT molecular complexity index is 154. The molecule has 0 amide bonds. The van der Waals surface area contributed by atoms with E-state index in [2.05, 4.69) is 15.6 Å². The molecule has 0 unspecified atom stereocenters. The average Bonchev–Trinajstić information content (AvgIpc) is 1.80. The predicted molar refractivity (Wildman–Crippen MR) is 72.4 cm³/mol. The van der Waals surface area contributed by atoms with Crippen molar-refractivity contribution in [1.29, 1.82) is 0 Å². The van der Waals surface area contributed by atoms with Crippen LogP contribution in [-0.4, -0.2) is 24.1 Å². The zero-order chi connectivity index (χ0) is 10.4. The number of nitrogens with zero attached hydrogens (tertiary/aromatic N) is 3. The Balaban J connectivity index is -0.000000240. The maximum Gasteiger partial charge on any atom is 4.00 e. The van der Waals surface area contributed by atoms with Crippen molar-refractivity contribution >= 4 is 5.96 Å². The molecule has 0 aromatic rings. The van der Waals surface area contributed by atoms with Gasteiger partial charge in [0.05, 0.1) is 0 Å². The number of hydrogen-bond acceptors (Lipinski definition) is 1. The molecule has 16 heavy (non-hydrogen) atoms. The van der Waals surface area contributed by atoms with Gasteiger partial charge in [-0.3, -0.25) is 0 Å². The Morgan fingerprint density at radius 3 is 1.31 bits per heavy atom. The minimum Gasteiger partial charge on any atom is -0.550 e. The van der Waals surface area contributed by atoms with Gasteiger partial charge in [0.25, 0.3) is 0 Å². The zero-order valence-corrected chi connectivity index (χ0v) is 13.6. The van der Waals surface area contributed by atoms with Crippen molar-refractivity contribution < 1.29 is 21.7 Å². The SMILES string of the molecule is CC(C)N=C([N-]C(C)C)[N-]C(C)C.[CH3-].[CH3-].[Ti+4]. The molecule has 0 heterocycles. The number of guanidine groups is 1. The fourth-order valence-electron chi connectivity index (χ4n) is 0.793. The number of rotatable bonds is 3. The van der Waals surface area contributed by atoms with Crippen molar-refractivity contribution in [2.75, 3.05) is 0 Å². The van der Waals surface area contributed by atoms with Crippen molar-refractivity contribution in [3.8, 4) is 0 Å². The smallest absolute Gasteiger partial charge is 0.550 e. The Labute approximate surface area is 118 Å². The van der Waals surface area contributed by atoms with Crippen LogP contribution >= 0.6 is 0 Å². The van der Waals surface area contributed by atoms with E-state index >= 15 is 0 Å². The van der Waals surface area contributed by atoms with Crippen LogP contribution in [0.25, 0.3) is 10.6 Å². The van der Waals surface area contributed by atoms with Gasteiger partial charge in [0.2, 0.25) is 0 Å². The van der Waals surface area contributed by atoms with Crippen LogP contribution in [0.3, 0.4) is 0 Å². The van der Waals surface area contributed by atoms with Gasteiger partial charge in [-0.15, -0.1) is 0 Å². The molecule has 0 aliphatic heterocycles. The molecule has 0 aliphatic carbocycles. The van der Waals surface area contributed by atoms with E-state index < -0.39 is 0 Å². The van der Waals surface area contributed by atoms with Gasteiger partial charge >= 0.3 is 21.7 Å². The molecule has 3 nitrogen and oxygen atoms in total. The first-order chi connectivity index (χ1) is 5.91. The molecule has 0 bridgehead atoms. The summed E-state index contributed by atoms with van der Waals surface area (Å²) in [4.78, 5) is 4.34. The monoisotopic (exact) mass is 261 g/mol. The van der Waals surface area contributed by atoms with Gasteiger partial charge in [-0.1, -0.05) is 59.7 Å². The van der Waals surface area contributed by atoms with Crippen LogP contribution in [0.2, 0.25) is 0 Å². The van der Waals surface area contributed by atoms with Crippen molar-refractivity contribution in [2.24, 2.45) is 4.99 Å². The fraction of sp³-hybridized carbons (Fsp3) is 0.750. The van der Waals surface area contributed by atoms with Crippen molar-refractivity contribution in [3.05, 3.63) is 25.5 Å². The summed E-state index contributed by atoms with van der Waals surface area (Å²) < 4.78 is 0. The Morgan fingerprint density at radius 1 is 0.812 bits per heavy atom. The summed E-state index contributed by atoms with van der Waals surface area (Å²) >= 11 is 0. The first kappa shape index (κ1) is 25.0. The summed E-state index contributed by atoms with van der Waals surface area (Å²) in [6, 6.07) is 0.792. The third kappa shape index (κ3) is 16.4. The van der Waals surface area contributed by atoms with Gasteiger partial charge in [-0.05, 0) is 0 Å². The fourth-order valence-corrected chi connectivity index (χ4v) is 0.793. The predicted octanol–water partition coefficient (Wildman–Crippen LogP) is 4.21. The van der Waals surface area contributed by atoms with Gasteiger partial charge in [-0.25, -0.2) is 0 Å². The molecule has 0 rings (SSSR count). The van der Waals surface area contributed by atoms with Crippen LogP contribution in [0.5, 0.6) is 0 Å². The average molecular weight is 261 g/mol. The molecule has 0 saturated heterocycles. The molecule has 0 spiro atoms. The van der Waals surface area contributed by atoms with Crippen LogP contribution in [0.15, 0.2) is 4.99 Å². The van der Waals surface area contributed by atoms with Crippen molar-refractivity contribution in [3.63, 3.8) is 0 Å². The standard InChI is InChI=1S/C10H21N3.2CH3.Ti/c1-7(2)11-10(12-8(3)4)13-9(5)6;;;/h7-9H,1-6H3;2*1H3;/q-2;2*-1;+4.